The van der Waals surface area contributed by atoms with Crippen molar-refractivity contribution in [3.05, 3.63) is 29.8 Å². The Morgan fingerprint density at radius 2 is 2.27 bits per heavy atom. The molecule has 1 atom stereocenters. The van der Waals surface area contributed by atoms with E-state index in [1.165, 1.54) is 0 Å². The van der Waals surface area contributed by atoms with Crippen molar-refractivity contribution in [3.63, 3.8) is 0 Å². The van der Waals surface area contributed by atoms with Gasteiger partial charge >= 0.3 is 0 Å². The fourth-order valence-corrected chi connectivity index (χ4v) is 2.03. The molecule has 0 spiro atoms. The number of ether oxygens (including phenoxy) is 1. The fraction of sp³-hybridized carbons (Fsp3) is 0.500. The highest BCUT2D eigenvalue weighted by molar-refractivity contribution is 7.99. The van der Waals surface area contributed by atoms with E-state index in [4.69, 9.17) is 4.74 Å². The topological polar surface area (TPSA) is 29.5 Å². The molecule has 0 amide bonds. The molecule has 0 radical (unpaired) electrons. The molecule has 1 aromatic carbocycles. The van der Waals surface area contributed by atoms with Gasteiger partial charge < -0.3 is 9.84 Å². The standard InChI is InChI=1S/C12H18O2S/c1-3-15-8-7-12(13)10-5-4-6-11(9-10)14-2/h4-6,9,12-13H,3,7-8H2,1-2H3. The van der Waals surface area contributed by atoms with Gasteiger partial charge in [-0.2, -0.15) is 11.8 Å². The van der Waals surface area contributed by atoms with Crippen LogP contribution in [0, 0.1) is 0 Å². The summed E-state index contributed by atoms with van der Waals surface area (Å²) in [5.41, 5.74) is 0.936. The second kappa shape index (κ2) is 6.75. The van der Waals surface area contributed by atoms with Crippen LogP contribution in [0.5, 0.6) is 5.75 Å². The maximum atomic E-state index is 9.90. The average Bonchev–Trinajstić information content (AvgIpc) is 2.29. The molecular weight excluding hydrogens is 208 g/mol. The lowest BCUT2D eigenvalue weighted by atomic mass is 10.1. The summed E-state index contributed by atoms with van der Waals surface area (Å²) < 4.78 is 5.11. The second-order valence-electron chi connectivity index (χ2n) is 3.28. The first-order valence-corrected chi connectivity index (χ1v) is 6.33. The largest absolute Gasteiger partial charge is 0.497 e. The van der Waals surface area contributed by atoms with Gasteiger partial charge in [-0.1, -0.05) is 19.1 Å². The van der Waals surface area contributed by atoms with E-state index in [1.807, 2.05) is 36.0 Å². The van der Waals surface area contributed by atoms with E-state index in [1.54, 1.807) is 7.11 Å². The Hall–Kier alpha value is -0.670. The predicted octanol–water partition coefficient (Wildman–Crippen LogP) is 2.87. The van der Waals surface area contributed by atoms with Crippen LogP contribution < -0.4 is 4.74 Å². The maximum absolute atomic E-state index is 9.90. The Bertz CT molecular complexity index is 289. The third-order valence-corrected chi connectivity index (χ3v) is 3.15. The summed E-state index contributed by atoms with van der Waals surface area (Å²) in [5.74, 6) is 2.90. The van der Waals surface area contributed by atoms with E-state index in [2.05, 4.69) is 6.92 Å². The normalized spacial score (nSPS) is 12.5. The summed E-state index contributed by atoms with van der Waals surface area (Å²) in [6, 6.07) is 7.62. The molecule has 0 aliphatic carbocycles. The molecule has 1 rings (SSSR count). The third-order valence-electron chi connectivity index (χ3n) is 2.22. The lowest BCUT2D eigenvalue weighted by molar-refractivity contribution is 0.174. The van der Waals surface area contributed by atoms with Crippen molar-refractivity contribution in [2.75, 3.05) is 18.6 Å². The van der Waals surface area contributed by atoms with E-state index in [0.29, 0.717) is 0 Å². The van der Waals surface area contributed by atoms with E-state index >= 15 is 0 Å². The van der Waals surface area contributed by atoms with Gasteiger partial charge in [-0.25, -0.2) is 0 Å². The number of hydrogen-bond donors (Lipinski definition) is 1. The molecule has 0 saturated heterocycles. The van der Waals surface area contributed by atoms with Crippen molar-refractivity contribution < 1.29 is 9.84 Å². The second-order valence-corrected chi connectivity index (χ2v) is 4.67. The van der Waals surface area contributed by atoms with Gasteiger partial charge in [0.1, 0.15) is 5.75 Å². The Labute approximate surface area is 95.7 Å². The van der Waals surface area contributed by atoms with Crippen molar-refractivity contribution in [2.24, 2.45) is 0 Å². The molecule has 0 saturated carbocycles. The van der Waals surface area contributed by atoms with Crippen LogP contribution in [0.3, 0.4) is 0 Å². The van der Waals surface area contributed by atoms with Crippen molar-refractivity contribution in [3.8, 4) is 5.75 Å². The highest BCUT2D eigenvalue weighted by Crippen LogP contribution is 2.22. The van der Waals surface area contributed by atoms with Gasteiger partial charge in [0.15, 0.2) is 0 Å². The molecule has 3 heteroatoms. The van der Waals surface area contributed by atoms with Crippen molar-refractivity contribution >= 4 is 11.8 Å². The average molecular weight is 226 g/mol. The molecule has 15 heavy (non-hydrogen) atoms. The summed E-state index contributed by atoms with van der Waals surface area (Å²) in [6.07, 6.45) is 0.422. The molecule has 0 aromatic heterocycles. The molecule has 1 aromatic rings. The molecule has 0 fully saturated rings. The molecule has 0 aliphatic rings. The van der Waals surface area contributed by atoms with Crippen molar-refractivity contribution in [1.82, 2.24) is 0 Å². The smallest absolute Gasteiger partial charge is 0.119 e. The molecule has 1 unspecified atom stereocenters. The number of hydrogen-bond acceptors (Lipinski definition) is 3. The van der Waals surface area contributed by atoms with Crippen LogP contribution in [-0.2, 0) is 0 Å². The SMILES string of the molecule is CCSCCC(O)c1cccc(OC)c1. The number of aliphatic hydroxyl groups is 1. The minimum atomic E-state index is -0.376. The lowest BCUT2D eigenvalue weighted by Gasteiger charge is -2.11. The summed E-state index contributed by atoms with van der Waals surface area (Å²) in [5, 5.41) is 9.90. The molecule has 84 valence electrons. The molecule has 0 heterocycles. The molecule has 2 nitrogen and oxygen atoms in total. The van der Waals surface area contributed by atoms with E-state index in [-0.39, 0.29) is 6.10 Å². The number of thioether (sulfide) groups is 1. The zero-order valence-electron chi connectivity index (χ0n) is 9.27. The van der Waals surface area contributed by atoms with Crippen LogP contribution in [0.15, 0.2) is 24.3 Å². The molecular formula is C12H18O2S. The van der Waals surface area contributed by atoms with Crippen LogP contribution in [0.25, 0.3) is 0 Å². The Morgan fingerprint density at radius 3 is 2.93 bits per heavy atom. The number of benzene rings is 1. The van der Waals surface area contributed by atoms with E-state index < -0.39 is 0 Å². The first-order chi connectivity index (χ1) is 7.27. The Morgan fingerprint density at radius 1 is 1.47 bits per heavy atom. The predicted molar refractivity (Wildman–Crippen MR) is 65.6 cm³/mol. The summed E-state index contributed by atoms with van der Waals surface area (Å²) in [4.78, 5) is 0. The van der Waals surface area contributed by atoms with Crippen molar-refractivity contribution in [1.29, 1.82) is 0 Å². The maximum Gasteiger partial charge on any atom is 0.119 e. The van der Waals surface area contributed by atoms with Gasteiger partial charge in [-0.15, -0.1) is 0 Å². The number of methoxy groups -OCH3 is 1. The van der Waals surface area contributed by atoms with Crippen LogP contribution >= 0.6 is 11.8 Å². The van der Waals surface area contributed by atoms with E-state index in [9.17, 15) is 5.11 Å². The number of aliphatic hydroxyl groups excluding tert-OH is 1. The van der Waals surface area contributed by atoms with Gasteiger partial charge in [0, 0.05) is 0 Å². The first kappa shape index (κ1) is 12.4. The summed E-state index contributed by atoms with van der Waals surface area (Å²) in [6.45, 7) is 2.13. The van der Waals surface area contributed by atoms with Gasteiger partial charge in [0.2, 0.25) is 0 Å². The van der Waals surface area contributed by atoms with Crippen LogP contribution in [0.4, 0.5) is 0 Å². The van der Waals surface area contributed by atoms with Crippen LogP contribution in [0.1, 0.15) is 25.0 Å². The fourth-order valence-electron chi connectivity index (χ4n) is 1.35. The zero-order chi connectivity index (χ0) is 11.1. The highest BCUT2D eigenvalue weighted by atomic mass is 32.2. The first-order valence-electron chi connectivity index (χ1n) is 5.17. The zero-order valence-corrected chi connectivity index (χ0v) is 10.1. The van der Waals surface area contributed by atoms with Crippen LogP contribution in [0.2, 0.25) is 0 Å². The minimum Gasteiger partial charge on any atom is -0.497 e. The Kier molecular flexibility index (Phi) is 5.58. The third kappa shape index (κ3) is 4.14. The molecule has 1 N–H and O–H groups in total. The highest BCUT2D eigenvalue weighted by Gasteiger charge is 2.07. The van der Waals surface area contributed by atoms with Gasteiger partial charge in [-0.3, -0.25) is 0 Å². The Balaban J connectivity index is 2.52. The summed E-state index contributed by atoms with van der Waals surface area (Å²) in [7, 11) is 1.64. The van der Waals surface area contributed by atoms with Gasteiger partial charge in [0.05, 0.1) is 13.2 Å². The monoisotopic (exact) mass is 226 g/mol. The van der Waals surface area contributed by atoms with Crippen LogP contribution in [-0.4, -0.2) is 23.7 Å². The van der Waals surface area contributed by atoms with Gasteiger partial charge in [-0.05, 0) is 35.6 Å². The minimum absolute atomic E-state index is 0.376. The van der Waals surface area contributed by atoms with E-state index in [0.717, 1.165) is 29.2 Å². The lowest BCUT2D eigenvalue weighted by Crippen LogP contribution is -1.99. The quantitative estimate of drug-likeness (QED) is 0.756. The molecule has 0 aliphatic heterocycles. The summed E-state index contributed by atoms with van der Waals surface area (Å²) >= 11 is 1.85. The molecule has 0 bridgehead atoms. The van der Waals surface area contributed by atoms with Crippen molar-refractivity contribution in [2.45, 2.75) is 19.4 Å². The number of rotatable bonds is 6. The van der Waals surface area contributed by atoms with Gasteiger partial charge in [0.25, 0.3) is 0 Å².